The number of methoxy groups -OCH3 is 1. The molecule has 1 aliphatic carbocycles. The molecule has 15 heavy (non-hydrogen) atoms. The minimum absolute atomic E-state index is 0.382. The van der Waals surface area contributed by atoms with E-state index in [1.54, 1.807) is 11.1 Å². The van der Waals surface area contributed by atoms with Gasteiger partial charge in [-0.25, -0.2) is 0 Å². The van der Waals surface area contributed by atoms with Crippen LogP contribution in [0.15, 0.2) is 11.1 Å². The zero-order valence-corrected chi connectivity index (χ0v) is 11.1. The molecule has 0 saturated heterocycles. The van der Waals surface area contributed by atoms with Crippen LogP contribution in [0.4, 0.5) is 0 Å². The molecule has 0 heterocycles. The summed E-state index contributed by atoms with van der Waals surface area (Å²) in [7, 11) is 1.85. The Balaban J connectivity index is 3.07. The summed E-state index contributed by atoms with van der Waals surface area (Å²) < 4.78 is 5.64. The maximum absolute atomic E-state index is 5.64. The van der Waals surface area contributed by atoms with Crippen LogP contribution in [0.3, 0.4) is 0 Å². The molecule has 0 fully saturated rings. The summed E-state index contributed by atoms with van der Waals surface area (Å²) in [6.45, 7) is 11.5. The van der Waals surface area contributed by atoms with Crippen molar-refractivity contribution < 1.29 is 4.74 Å². The van der Waals surface area contributed by atoms with E-state index < -0.39 is 0 Å². The van der Waals surface area contributed by atoms with Crippen LogP contribution in [0.5, 0.6) is 0 Å². The molecule has 2 unspecified atom stereocenters. The Labute approximate surface area is 94.9 Å². The molecule has 1 heteroatoms. The molecule has 0 aromatic carbocycles. The molecule has 0 aliphatic heterocycles. The molecule has 0 bridgehead atoms. The first-order valence-corrected chi connectivity index (χ1v) is 6.29. The lowest BCUT2D eigenvalue weighted by Crippen LogP contribution is -2.14. The van der Waals surface area contributed by atoms with Crippen LogP contribution in [-0.4, -0.2) is 13.2 Å². The first-order chi connectivity index (χ1) is 7.02. The number of allylic oxidation sites excluding steroid dienone is 1. The van der Waals surface area contributed by atoms with Crippen LogP contribution in [0.2, 0.25) is 0 Å². The zero-order chi connectivity index (χ0) is 11.6. The lowest BCUT2D eigenvalue weighted by atomic mass is 9.87. The van der Waals surface area contributed by atoms with Crippen LogP contribution < -0.4 is 0 Å². The number of ether oxygens (including phenoxy) is 1. The van der Waals surface area contributed by atoms with Crippen molar-refractivity contribution in [2.75, 3.05) is 7.11 Å². The van der Waals surface area contributed by atoms with Crippen molar-refractivity contribution in [2.45, 2.75) is 53.6 Å². The molecule has 0 amide bonds. The van der Waals surface area contributed by atoms with Crippen molar-refractivity contribution in [3.05, 3.63) is 11.1 Å². The first kappa shape index (κ1) is 12.8. The van der Waals surface area contributed by atoms with Gasteiger partial charge in [-0.15, -0.1) is 0 Å². The van der Waals surface area contributed by atoms with Gasteiger partial charge in [0.05, 0.1) is 6.10 Å². The number of rotatable bonds is 4. The van der Waals surface area contributed by atoms with E-state index in [1.165, 1.54) is 12.8 Å². The van der Waals surface area contributed by atoms with Gasteiger partial charge < -0.3 is 4.74 Å². The maximum Gasteiger partial charge on any atom is 0.0792 e. The van der Waals surface area contributed by atoms with Crippen molar-refractivity contribution in [1.29, 1.82) is 0 Å². The van der Waals surface area contributed by atoms with Gasteiger partial charge in [0.25, 0.3) is 0 Å². The SMILES string of the molecule is CCC1CC(OC)C(C(C)C)=C1C(C)C. The molecule has 1 aliphatic rings. The topological polar surface area (TPSA) is 9.23 Å². The van der Waals surface area contributed by atoms with Gasteiger partial charge in [0.1, 0.15) is 0 Å². The summed E-state index contributed by atoms with van der Waals surface area (Å²) in [4.78, 5) is 0. The highest BCUT2D eigenvalue weighted by molar-refractivity contribution is 5.30. The third kappa shape index (κ3) is 2.44. The maximum atomic E-state index is 5.64. The van der Waals surface area contributed by atoms with Gasteiger partial charge in [0.15, 0.2) is 0 Å². The Morgan fingerprint density at radius 2 is 1.67 bits per heavy atom. The summed E-state index contributed by atoms with van der Waals surface area (Å²) in [6, 6.07) is 0. The van der Waals surface area contributed by atoms with Gasteiger partial charge >= 0.3 is 0 Å². The van der Waals surface area contributed by atoms with E-state index in [4.69, 9.17) is 4.74 Å². The molecule has 2 atom stereocenters. The highest BCUT2D eigenvalue weighted by atomic mass is 16.5. The van der Waals surface area contributed by atoms with Crippen LogP contribution in [0.1, 0.15) is 47.5 Å². The molecule has 0 spiro atoms. The standard InChI is InChI=1S/C14H26O/c1-7-11-8-12(15-6)14(10(4)5)13(11)9(2)3/h9-12H,7-8H2,1-6H3. The Kier molecular flexibility index (Phi) is 4.39. The first-order valence-electron chi connectivity index (χ1n) is 6.29. The zero-order valence-electron chi connectivity index (χ0n) is 11.1. The van der Waals surface area contributed by atoms with Gasteiger partial charge in [-0.3, -0.25) is 0 Å². The molecule has 0 aromatic heterocycles. The van der Waals surface area contributed by atoms with Crippen LogP contribution in [0, 0.1) is 17.8 Å². The monoisotopic (exact) mass is 210 g/mol. The molecule has 88 valence electrons. The molecular formula is C14H26O. The summed E-state index contributed by atoms with van der Waals surface area (Å²) in [5.74, 6) is 2.06. The highest BCUT2D eigenvalue weighted by Gasteiger charge is 2.34. The largest absolute Gasteiger partial charge is 0.377 e. The van der Waals surface area contributed by atoms with Crippen molar-refractivity contribution >= 4 is 0 Å². The predicted molar refractivity (Wildman–Crippen MR) is 65.9 cm³/mol. The lowest BCUT2D eigenvalue weighted by Gasteiger charge is -2.20. The average Bonchev–Trinajstić information content (AvgIpc) is 2.55. The number of hydrogen-bond acceptors (Lipinski definition) is 1. The summed E-state index contributed by atoms with van der Waals surface area (Å²) in [5, 5.41) is 0. The van der Waals surface area contributed by atoms with Crippen molar-refractivity contribution in [3.8, 4) is 0 Å². The van der Waals surface area contributed by atoms with E-state index in [2.05, 4.69) is 34.6 Å². The Bertz CT molecular complexity index is 214. The molecular weight excluding hydrogens is 184 g/mol. The normalized spacial score (nSPS) is 27.2. The second-order valence-electron chi connectivity index (χ2n) is 5.29. The second-order valence-corrected chi connectivity index (χ2v) is 5.29. The Morgan fingerprint density at radius 3 is 2.00 bits per heavy atom. The Morgan fingerprint density at radius 1 is 1.13 bits per heavy atom. The molecule has 0 aromatic rings. The van der Waals surface area contributed by atoms with Crippen LogP contribution >= 0.6 is 0 Å². The van der Waals surface area contributed by atoms with E-state index in [0.29, 0.717) is 17.9 Å². The molecule has 0 N–H and O–H groups in total. The van der Waals surface area contributed by atoms with E-state index >= 15 is 0 Å². The van der Waals surface area contributed by atoms with Crippen LogP contribution in [0.25, 0.3) is 0 Å². The summed E-state index contributed by atoms with van der Waals surface area (Å²) in [5.41, 5.74) is 3.26. The molecule has 0 radical (unpaired) electrons. The third-order valence-electron chi connectivity index (χ3n) is 3.64. The van der Waals surface area contributed by atoms with Gasteiger partial charge in [-0.1, -0.05) is 40.2 Å². The van der Waals surface area contributed by atoms with E-state index in [0.717, 1.165) is 5.92 Å². The van der Waals surface area contributed by atoms with Crippen LogP contribution in [-0.2, 0) is 4.74 Å². The molecule has 1 nitrogen and oxygen atoms in total. The predicted octanol–water partition coefficient (Wildman–Crippen LogP) is 4.04. The van der Waals surface area contributed by atoms with Crippen molar-refractivity contribution in [3.63, 3.8) is 0 Å². The summed E-state index contributed by atoms with van der Waals surface area (Å²) >= 11 is 0. The van der Waals surface area contributed by atoms with E-state index in [1.807, 2.05) is 7.11 Å². The Hall–Kier alpha value is -0.300. The van der Waals surface area contributed by atoms with Gasteiger partial charge in [0.2, 0.25) is 0 Å². The van der Waals surface area contributed by atoms with Gasteiger partial charge in [0, 0.05) is 7.11 Å². The minimum atomic E-state index is 0.382. The highest BCUT2D eigenvalue weighted by Crippen LogP contribution is 2.42. The van der Waals surface area contributed by atoms with Crippen molar-refractivity contribution in [2.24, 2.45) is 17.8 Å². The molecule has 0 saturated carbocycles. The smallest absolute Gasteiger partial charge is 0.0792 e. The third-order valence-corrected chi connectivity index (χ3v) is 3.64. The quantitative estimate of drug-likeness (QED) is 0.636. The fourth-order valence-electron chi connectivity index (χ4n) is 3.05. The fourth-order valence-corrected chi connectivity index (χ4v) is 3.05. The van der Waals surface area contributed by atoms with E-state index in [-0.39, 0.29) is 0 Å². The van der Waals surface area contributed by atoms with Gasteiger partial charge in [-0.05, 0) is 36.2 Å². The van der Waals surface area contributed by atoms with E-state index in [9.17, 15) is 0 Å². The number of hydrogen-bond donors (Lipinski definition) is 0. The second kappa shape index (κ2) is 5.16. The average molecular weight is 210 g/mol. The summed E-state index contributed by atoms with van der Waals surface area (Å²) in [6.07, 6.45) is 2.84. The molecule has 1 rings (SSSR count). The minimum Gasteiger partial charge on any atom is -0.377 e. The fraction of sp³-hybridized carbons (Fsp3) is 0.857. The lowest BCUT2D eigenvalue weighted by molar-refractivity contribution is 0.118. The van der Waals surface area contributed by atoms with Gasteiger partial charge in [-0.2, -0.15) is 0 Å². The van der Waals surface area contributed by atoms with Crippen molar-refractivity contribution in [1.82, 2.24) is 0 Å².